The number of rotatable bonds is 8. The van der Waals surface area contributed by atoms with Crippen LogP contribution in [0.25, 0.3) is 0 Å². The summed E-state index contributed by atoms with van der Waals surface area (Å²) in [4.78, 5) is 27.4. The summed E-state index contributed by atoms with van der Waals surface area (Å²) in [5, 5.41) is 9.88. The fraction of sp³-hybridized carbons (Fsp3) is 0.550. The van der Waals surface area contributed by atoms with Crippen molar-refractivity contribution in [1.29, 1.82) is 0 Å². The molecule has 0 bridgehead atoms. The van der Waals surface area contributed by atoms with Crippen LogP contribution in [-0.2, 0) is 13.1 Å². The van der Waals surface area contributed by atoms with Gasteiger partial charge in [0, 0.05) is 19.3 Å². The van der Waals surface area contributed by atoms with E-state index in [1.807, 2.05) is 26.8 Å². The molecule has 1 aliphatic heterocycles. The van der Waals surface area contributed by atoms with Crippen LogP contribution in [0.15, 0.2) is 22.7 Å². The number of carbonyl (C=O) groups excluding carboxylic acids is 2. The third-order valence-corrected chi connectivity index (χ3v) is 4.68. The van der Waals surface area contributed by atoms with Crippen LogP contribution in [-0.4, -0.2) is 46.1 Å². The average Bonchev–Trinajstić information content (AvgIpc) is 3.41. The first-order valence-electron chi connectivity index (χ1n) is 9.94. The normalized spacial score (nSPS) is 14.6. The molecule has 0 spiro atoms. The lowest BCUT2D eigenvalue weighted by atomic mass is 10.2. The van der Waals surface area contributed by atoms with E-state index in [-0.39, 0.29) is 23.3 Å². The van der Waals surface area contributed by atoms with Gasteiger partial charge in [-0.3, -0.25) is 19.2 Å². The quantitative estimate of drug-likeness (QED) is 0.727. The van der Waals surface area contributed by atoms with Crippen LogP contribution in [0.4, 0.5) is 5.69 Å². The number of furan rings is 1. The van der Waals surface area contributed by atoms with Gasteiger partial charge in [0.05, 0.1) is 12.2 Å². The maximum absolute atomic E-state index is 12.6. The molecule has 0 radical (unpaired) electrons. The molecule has 1 aliphatic rings. The molecule has 2 amide bonds. The van der Waals surface area contributed by atoms with Crippen LogP contribution in [0.3, 0.4) is 0 Å². The van der Waals surface area contributed by atoms with Crippen molar-refractivity contribution in [3.8, 4) is 0 Å². The summed E-state index contributed by atoms with van der Waals surface area (Å²) in [5.74, 6) is 0.636. The standard InChI is InChI=1S/C20H29N5O3/c1-4-25-13-16(18(23-25)20(27)21-11-14(2)3)22-19(26)17-8-7-15(28-17)12-24-9-5-6-10-24/h7-8,13-14H,4-6,9-12H2,1-3H3,(H,21,27)(H,22,26). The van der Waals surface area contributed by atoms with E-state index in [0.717, 1.165) is 18.8 Å². The molecule has 8 nitrogen and oxygen atoms in total. The molecule has 1 saturated heterocycles. The zero-order chi connectivity index (χ0) is 20.1. The first-order valence-corrected chi connectivity index (χ1v) is 9.94. The number of likely N-dealkylation sites (tertiary alicyclic amines) is 1. The lowest BCUT2D eigenvalue weighted by molar-refractivity contribution is 0.0944. The maximum atomic E-state index is 12.6. The first-order chi connectivity index (χ1) is 13.5. The van der Waals surface area contributed by atoms with Gasteiger partial charge in [-0.1, -0.05) is 13.8 Å². The number of amides is 2. The molecule has 2 aromatic rings. The Bertz CT molecular complexity index is 818. The van der Waals surface area contributed by atoms with Crippen molar-refractivity contribution < 1.29 is 14.0 Å². The Morgan fingerprint density at radius 1 is 1.21 bits per heavy atom. The number of nitrogens with zero attached hydrogens (tertiary/aromatic N) is 3. The second-order valence-electron chi connectivity index (χ2n) is 7.55. The van der Waals surface area contributed by atoms with Gasteiger partial charge in [0.1, 0.15) is 5.76 Å². The van der Waals surface area contributed by atoms with Gasteiger partial charge in [0.15, 0.2) is 11.5 Å². The molecule has 0 aromatic carbocycles. The Balaban J connectivity index is 1.68. The van der Waals surface area contributed by atoms with E-state index in [2.05, 4.69) is 20.6 Å². The van der Waals surface area contributed by atoms with Crippen LogP contribution in [0.2, 0.25) is 0 Å². The van der Waals surface area contributed by atoms with Gasteiger partial charge in [0.25, 0.3) is 11.8 Å². The number of hydrogen-bond donors (Lipinski definition) is 2. The van der Waals surface area contributed by atoms with Gasteiger partial charge >= 0.3 is 0 Å². The lowest BCUT2D eigenvalue weighted by Crippen LogP contribution is -2.28. The Morgan fingerprint density at radius 2 is 1.96 bits per heavy atom. The molecule has 28 heavy (non-hydrogen) atoms. The Labute approximate surface area is 165 Å². The molecule has 3 heterocycles. The van der Waals surface area contributed by atoms with E-state index in [0.29, 0.717) is 31.2 Å². The summed E-state index contributed by atoms with van der Waals surface area (Å²) in [6.07, 6.45) is 4.07. The number of aryl methyl sites for hydroxylation is 1. The number of carbonyl (C=O) groups is 2. The van der Waals surface area contributed by atoms with Gasteiger partial charge in [-0.25, -0.2) is 0 Å². The molecule has 8 heteroatoms. The Morgan fingerprint density at radius 3 is 2.64 bits per heavy atom. The van der Waals surface area contributed by atoms with Gasteiger partial charge in [-0.05, 0) is 50.9 Å². The number of aromatic nitrogens is 2. The molecule has 0 unspecified atom stereocenters. The largest absolute Gasteiger partial charge is 0.455 e. The SMILES string of the molecule is CCn1cc(NC(=O)c2ccc(CN3CCCC3)o2)c(C(=O)NCC(C)C)n1. The average molecular weight is 387 g/mol. The zero-order valence-electron chi connectivity index (χ0n) is 16.8. The van der Waals surface area contributed by atoms with Gasteiger partial charge in [-0.2, -0.15) is 5.10 Å². The summed E-state index contributed by atoms with van der Waals surface area (Å²) in [5.41, 5.74) is 0.588. The van der Waals surface area contributed by atoms with E-state index in [1.54, 1.807) is 16.9 Å². The van der Waals surface area contributed by atoms with Crippen LogP contribution >= 0.6 is 0 Å². The first kappa shape index (κ1) is 20.1. The molecular weight excluding hydrogens is 358 g/mol. The highest BCUT2D eigenvalue weighted by atomic mass is 16.4. The van der Waals surface area contributed by atoms with Crippen LogP contribution in [0, 0.1) is 5.92 Å². The third-order valence-electron chi connectivity index (χ3n) is 4.68. The molecule has 2 N–H and O–H groups in total. The highest BCUT2D eigenvalue weighted by Gasteiger charge is 2.21. The van der Waals surface area contributed by atoms with Crippen molar-refractivity contribution in [3.63, 3.8) is 0 Å². The minimum Gasteiger partial charge on any atom is -0.455 e. The van der Waals surface area contributed by atoms with Gasteiger partial charge in [-0.15, -0.1) is 0 Å². The van der Waals surface area contributed by atoms with Crippen molar-refractivity contribution in [2.75, 3.05) is 25.0 Å². The topological polar surface area (TPSA) is 92.4 Å². The van der Waals surface area contributed by atoms with Crippen molar-refractivity contribution >= 4 is 17.5 Å². The highest BCUT2D eigenvalue weighted by molar-refractivity contribution is 6.07. The monoisotopic (exact) mass is 387 g/mol. The smallest absolute Gasteiger partial charge is 0.291 e. The van der Waals surface area contributed by atoms with Crippen molar-refractivity contribution in [3.05, 3.63) is 35.5 Å². The predicted octanol–water partition coefficient (Wildman–Crippen LogP) is 2.73. The molecular formula is C20H29N5O3. The van der Waals surface area contributed by atoms with E-state index in [1.165, 1.54) is 12.8 Å². The Hall–Kier alpha value is -2.61. The van der Waals surface area contributed by atoms with Crippen LogP contribution < -0.4 is 10.6 Å². The van der Waals surface area contributed by atoms with E-state index in [4.69, 9.17) is 4.42 Å². The fourth-order valence-electron chi connectivity index (χ4n) is 3.15. The van der Waals surface area contributed by atoms with Crippen LogP contribution in [0.1, 0.15) is 60.4 Å². The second-order valence-corrected chi connectivity index (χ2v) is 7.55. The van der Waals surface area contributed by atoms with E-state index in [9.17, 15) is 9.59 Å². The molecule has 0 aliphatic carbocycles. The minimum absolute atomic E-state index is 0.208. The van der Waals surface area contributed by atoms with Crippen molar-refractivity contribution in [1.82, 2.24) is 20.0 Å². The number of hydrogen-bond acceptors (Lipinski definition) is 5. The predicted molar refractivity (Wildman–Crippen MR) is 106 cm³/mol. The fourth-order valence-corrected chi connectivity index (χ4v) is 3.15. The molecule has 1 fully saturated rings. The summed E-state index contributed by atoms with van der Waals surface area (Å²) >= 11 is 0. The van der Waals surface area contributed by atoms with Gasteiger partial charge in [0.2, 0.25) is 0 Å². The van der Waals surface area contributed by atoms with E-state index < -0.39 is 0 Å². The summed E-state index contributed by atoms with van der Waals surface area (Å²) in [6.45, 7) is 9.94. The lowest BCUT2D eigenvalue weighted by Gasteiger charge is -2.11. The molecule has 0 atom stereocenters. The van der Waals surface area contributed by atoms with Crippen molar-refractivity contribution in [2.45, 2.75) is 46.7 Å². The second kappa shape index (κ2) is 9.05. The summed E-state index contributed by atoms with van der Waals surface area (Å²) in [7, 11) is 0. The van der Waals surface area contributed by atoms with E-state index >= 15 is 0 Å². The highest BCUT2D eigenvalue weighted by Crippen LogP contribution is 2.18. The number of anilines is 1. The Kier molecular flexibility index (Phi) is 6.51. The third kappa shape index (κ3) is 5.01. The van der Waals surface area contributed by atoms with Gasteiger partial charge < -0.3 is 15.1 Å². The minimum atomic E-state index is -0.388. The summed E-state index contributed by atoms with van der Waals surface area (Å²) < 4.78 is 7.34. The molecule has 3 rings (SSSR count). The van der Waals surface area contributed by atoms with Crippen LogP contribution in [0.5, 0.6) is 0 Å². The molecule has 152 valence electrons. The maximum Gasteiger partial charge on any atom is 0.291 e. The number of nitrogens with one attached hydrogen (secondary N) is 2. The summed E-state index contributed by atoms with van der Waals surface area (Å²) in [6, 6.07) is 3.50. The van der Waals surface area contributed by atoms with Crippen molar-refractivity contribution in [2.24, 2.45) is 5.92 Å². The molecule has 2 aromatic heterocycles. The zero-order valence-corrected chi connectivity index (χ0v) is 16.8. The molecule has 0 saturated carbocycles.